The quantitative estimate of drug-likeness (QED) is 0.692. The molecule has 0 aliphatic carbocycles. The molecule has 0 aliphatic rings. The van der Waals surface area contributed by atoms with Gasteiger partial charge in [0.1, 0.15) is 11.7 Å². The van der Waals surface area contributed by atoms with Gasteiger partial charge in [0.2, 0.25) is 0 Å². The van der Waals surface area contributed by atoms with Gasteiger partial charge in [-0.15, -0.1) is 12.4 Å². The molecule has 0 aliphatic heterocycles. The first-order valence-electron chi connectivity index (χ1n) is 3.39. The van der Waals surface area contributed by atoms with Crippen molar-refractivity contribution in [3.63, 3.8) is 0 Å². The molecule has 0 saturated heterocycles. The lowest BCUT2D eigenvalue weighted by atomic mass is 10.0. The molecule has 0 heterocycles. The summed E-state index contributed by atoms with van der Waals surface area (Å²) in [4.78, 5) is 10.7. The van der Waals surface area contributed by atoms with Gasteiger partial charge >= 0.3 is 5.97 Å². The molecule has 3 nitrogen and oxygen atoms in total. The van der Waals surface area contributed by atoms with Gasteiger partial charge in [-0.25, -0.2) is 4.39 Å². The zero-order valence-corrected chi connectivity index (χ0v) is 8.28. The Labute approximate surface area is 77.9 Å². The van der Waals surface area contributed by atoms with Gasteiger partial charge in [-0.1, -0.05) is 0 Å². The average molecular weight is 200 g/mol. The Kier molecular flexibility index (Phi) is 6.29. The lowest BCUT2D eigenvalue weighted by Gasteiger charge is -2.17. The first-order chi connectivity index (χ1) is 4.87. The minimum Gasteiger partial charge on any atom is -0.468 e. The van der Waals surface area contributed by atoms with E-state index in [4.69, 9.17) is 5.73 Å². The van der Waals surface area contributed by atoms with Gasteiger partial charge in [0.05, 0.1) is 7.11 Å². The van der Waals surface area contributed by atoms with Crippen LogP contribution in [0, 0.1) is 0 Å². The van der Waals surface area contributed by atoms with Crippen molar-refractivity contribution in [2.75, 3.05) is 7.11 Å². The van der Waals surface area contributed by atoms with Crippen molar-refractivity contribution in [3.8, 4) is 0 Å². The molecule has 0 amide bonds. The third kappa shape index (κ3) is 6.37. The van der Waals surface area contributed by atoms with E-state index in [0.717, 1.165) is 0 Å². The number of esters is 1. The van der Waals surface area contributed by atoms with E-state index in [1.165, 1.54) is 21.0 Å². The second kappa shape index (κ2) is 5.32. The zero-order valence-electron chi connectivity index (χ0n) is 7.46. The number of rotatable bonds is 3. The lowest BCUT2D eigenvalue weighted by Crippen LogP contribution is -2.36. The molecule has 0 rings (SSSR count). The van der Waals surface area contributed by atoms with Crippen molar-refractivity contribution in [1.29, 1.82) is 0 Å². The van der Waals surface area contributed by atoms with E-state index in [1.54, 1.807) is 0 Å². The second-order valence-corrected chi connectivity index (χ2v) is 3.05. The van der Waals surface area contributed by atoms with Crippen LogP contribution in [0.25, 0.3) is 0 Å². The van der Waals surface area contributed by atoms with Gasteiger partial charge in [0.25, 0.3) is 0 Å². The highest BCUT2D eigenvalue weighted by molar-refractivity contribution is 5.85. The summed E-state index contributed by atoms with van der Waals surface area (Å²) in [6, 6.07) is -0.861. The van der Waals surface area contributed by atoms with E-state index in [0.29, 0.717) is 0 Å². The lowest BCUT2D eigenvalue weighted by molar-refractivity contribution is -0.143. The van der Waals surface area contributed by atoms with E-state index < -0.39 is 17.7 Å². The summed E-state index contributed by atoms with van der Waals surface area (Å²) in [7, 11) is 1.23. The Morgan fingerprint density at radius 2 is 2.08 bits per heavy atom. The van der Waals surface area contributed by atoms with Crippen LogP contribution >= 0.6 is 12.4 Å². The standard InChI is InChI=1S/C7H14FNO2.ClH/c1-7(2,8)4-5(9)6(10)11-3;/h5H,4,9H2,1-3H3;1H/t5-;/m0./s1. The maximum atomic E-state index is 12.8. The van der Waals surface area contributed by atoms with Gasteiger partial charge in [-0.3, -0.25) is 4.79 Å². The molecule has 0 spiro atoms. The summed E-state index contributed by atoms with van der Waals surface area (Å²) in [5, 5.41) is 0. The zero-order chi connectivity index (χ0) is 9.07. The first-order valence-corrected chi connectivity index (χ1v) is 3.39. The highest BCUT2D eigenvalue weighted by atomic mass is 35.5. The van der Waals surface area contributed by atoms with Crippen molar-refractivity contribution >= 4 is 18.4 Å². The Bertz CT molecular complexity index is 147. The van der Waals surface area contributed by atoms with Crippen LogP contribution in [-0.2, 0) is 9.53 Å². The van der Waals surface area contributed by atoms with Crippen molar-refractivity contribution in [3.05, 3.63) is 0 Å². The Morgan fingerprint density at radius 1 is 1.67 bits per heavy atom. The van der Waals surface area contributed by atoms with Gasteiger partial charge in [0.15, 0.2) is 0 Å². The highest BCUT2D eigenvalue weighted by Crippen LogP contribution is 2.15. The van der Waals surface area contributed by atoms with Crippen LogP contribution in [0.2, 0.25) is 0 Å². The largest absolute Gasteiger partial charge is 0.468 e. The average Bonchev–Trinajstić information content (AvgIpc) is 1.82. The predicted molar refractivity (Wildman–Crippen MR) is 47.0 cm³/mol. The van der Waals surface area contributed by atoms with E-state index in [1.807, 2.05) is 0 Å². The number of carbonyl (C=O) groups excluding carboxylic acids is 1. The fraction of sp³-hybridized carbons (Fsp3) is 0.857. The third-order valence-corrected chi connectivity index (χ3v) is 1.21. The van der Waals surface area contributed by atoms with E-state index in [2.05, 4.69) is 4.74 Å². The van der Waals surface area contributed by atoms with Gasteiger partial charge in [0, 0.05) is 6.42 Å². The molecule has 0 radical (unpaired) electrons. The number of halogens is 2. The number of alkyl halides is 1. The van der Waals surface area contributed by atoms with Gasteiger partial charge in [-0.05, 0) is 13.8 Å². The number of hydrogen-bond donors (Lipinski definition) is 1. The molecule has 0 aromatic rings. The topological polar surface area (TPSA) is 52.3 Å². The van der Waals surface area contributed by atoms with E-state index in [-0.39, 0.29) is 18.8 Å². The number of carbonyl (C=O) groups is 1. The molecular weight excluding hydrogens is 185 g/mol. The molecule has 0 aromatic heterocycles. The van der Waals surface area contributed by atoms with Gasteiger partial charge < -0.3 is 10.5 Å². The predicted octanol–water partition coefficient (Wildman–Crippen LogP) is 1.05. The summed E-state index contributed by atoms with van der Waals surface area (Å²) in [5.41, 5.74) is 3.88. The Morgan fingerprint density at radius 3 is 2.33 bits per heavy atom. The van der Waals surface area contributed by atoms with Crippen molar-refractivity contribution in [2.45, 2.75) is 32.0 Å². The molecule has 5 heteroatoms. The molecule has 0 aromatic carbocycles. The maximum absolute atomic E-state index is 12.8. The molecule has 0 bridgehead atoms. The van der Waals surface area contributed by atoms with Gasteiger partial charge in [-0.2, -0.15) is 0 Å². The van der Waals surface area contributed by atoms with Crippen LogP contribution in [0.5, 0.6) is 0 Å². The van der Waals surface area contributed by atoms with Crippen LogP contribution in [0.3, 0.4) is 0 Å². The van der Waals surface area contributed by atoms with Crippen LogP contribution < -0.4 is 5.73 Å². The summed E-state index contributed by atoms with van der Waals surface area (Å²) >= 11 is 0. The number of ether oxygens (including phenoxy) is 1. The van der Waals surface area contributed by atoms with Crippen molar-refractivity contribution in [1.82, 2.24) is 0 Å². The smallest absolute Gasteiger partial charge is 0.322 e. The second-order valence-electron chi connectivity index (χ2n) is 3.05. The van der Waals surface area contributed by atoms with E-state index >= 15 is 0 Å². The third-order valence-electron chi connectivity index (χ3n) is 1.21. The van der Waals surface area contributed by atoms with Crippen LogP contribution in [0.4, 0.5) is 4.39 Å². The van der Waals surface area contributed by atoms with Crippen molar-refractivity contribution in [2.24, 2.45) is 5.73 Å². The number of hydrogen-bond acceptors (Lipinski definition) is 3. The Hall–Kier alpha value is -0.350. The summed E-state index contributed by atoms with van der Waals surface area (Å²) in [5.74, 6) is -0.573. The molecule has 2 N–H and O–H groups in total. The molecule has 1 atom stereocenters. The normalized spacial score (nSPS) is 13.1. The number of nitrogens with two attached hydrogens (primary N) is 1. The Balaban J connectivity index is 0. The molecule has 0 saturated carbocycles. The molecule has 0 unspecified atom stereocenters. The van der Waals surface area contributed by atoms with Crippen LogP contribution in [-0.4, -0.2) is 24.8 Å². The molecule has 74 valence electrons. The monoisotopic (exact) mass is 199 g/mol. The first kappa shape index (κ1) is 14.2. The van der Waals surface area contributed by atoms with Crippen molar-refractivity contribution < 1.29 is 13.9 Å². The highest BCUT2D eigenvalue weighted by Gasteiger charge is 2.24. The summed E-state index contributed by atoms with van der Waals surface area (Å²) < 4.78 is 17.2. The van der Waals surface area contributed by atoms with E-state index in [9.17, 15) is 9.18 Å². The van der Waals surface area contributed by atoms with Crippen LogP contribution in [0.15, 0.2) is 0 Å². The molecule has 12 heavy (non-hydrogen) atoms. The summed E-state index contributed by atoms with van der Waals surface area (Å²) in [6.07, 6.45) is -0.0142. The minimum atomic E-state index is -1.42. The SMILES string of the molecule is COC(=O)[C@@H](N)CC(C)(C)F.Cl. The molecule has 0 fully saturated rings. The maximum Gasteiger partial charge on any atom is 0.322 e. The minimum absolute atomic E-state index is 0. The molecular formula is C7H15ClFNO2. The fourth-order valence-corrected chi connectivity index (χ4v) is 0.758. The summed E-state index contributed by atoms with van der Waals surface area (Å²) in [6.45, 7) is 2.74. The number of methoxy groups -OCH3 is 1. The fourth-order valence-electron chi connectivity index (χ4n) is 0.758. The van der Waals surface area contributed by atoms with Crippen LogP contribution in [0.1, 0.15) is 20.3 Å².